The van der Waals surface area contributed by atoms with Crippen LogP contribution < -0.4 is 15.1 Å². The molecule has 8 nitrogen and oxygen atoms in total. The summed E-state index contributed by atoms with van der Waals surface area (Å²) in [6.45, 7) is 12.8. The Hall–Kier alpha value is -3.23. The third kappa shape index (κ3) is 4.77. The van der Waals surface area contributed by atoms with Gasteiger partial charge in [-0.1, -0.05) is 5.46 Å². The van der Waals surface area contributed by atoms with Crippen LogP contribution in [0.1, 0.15) is 47.1 Å². The van der Waals surface area contributed by atoms with Crippen molar-refractivity contribution >= 4 is 53.1 Å². The molecule has 176 valence electrons. The van der Waals surface area contributed by atoms with E-state index in [-0.39, 0.29) is 0 Å². The molecule has 0 radical (unpaired) electrons. The van der Waals surface area contributed by atoms with Gasteiger partial charge >= 0.3 is 12.2 Å². The van der Waals surface area contributed by atoms with Crippen molar-refractivity contribution in [3.8, 4) is 5.75 Å². The molecule has 1 amide bonds. The van der Waals surface area contributed by atoms with Crippen molar-refractivity contribution in [2.24, 2.45) is 0 Å². The summed E-state index contributed by atoms with van der Waals surface area (Å²) in [6.07, 6.45) is 0.597. The molecule has 0 bridgehead atoms. The molecule has 0 aliphatic heterocycles. The Balaban J connectivity index is 2.39. The zero-order valence-electron chi connectivity index (χ0n) is 21.1. The van der Waals surface area contributed by atoms with E-state index >= 15 is 0 Å². The molecule has 3 aromatic rings. The minimum Gasteiger partial charge on any atom is -0.492 e. The Labute approximate surface area is 195 Å². The van der Waals surface area contributed by atoms with Gasteiger partial charge in [0.05, 0.1) is 12.8 Å². The fourth-order valence-corrected chi connectivity index (χ4v) is 3.71. The normalized spacial score (nSPS) is 12.2. The van der Waals surface area contributed by atoms with Gasteiger partial charge in [0.25, 0.3) is 0 Å². The van der Waals surface area contributed by atoms with Crippen molar-refractivity contribution in [3.63, 3.8) is 0 Å². The average Bonchev–Trinajstić information content (AvgIpc) is 2.99. The van der Waals surface area contributed by atoms with Crippen LogP contribution in [0.25, 0.3) is 21.9 Å². The molecule has 0 N–H and O–H groups in total. The van der Waals surface area contributed by atoms with Crippen LogP contribution in [0.5, 0.6) is 5.75 Å². The number of pyridine rings is 1. The van der Waals surface area contributed by atoms with Crippen LogP contribution >= 0.6 is 0 Å². The van der Waals surface area contributed by atoms with Gasteiger partial charge in [-0.05, 0) is 66.2 Å². The first-order chi connectivity index (χ1) is 15.1. The average molecular weight is 453 g/mol. The number of ether oxygens (including phenoxy) is 3. The molecule has 0 fully saturated rings. The van der Waals surface area contributed by atoms with Gasteiger partial charge in [-0.15, -0.1) is 0 Å². The largest absolute Gasteiger partial charge is 0.492 e. The number of hydrogen-bond donors (Lipinski definition) is 0. The summed E-state index contributed by atoms with van der Waals surface area (Å²) in [7, 11) is 5.04. The van der Waals surface area contributed by atoms with Gasteiger partial charge in [-0.3, -0.25) is 4.90 Å². The number of aryl methyl sites for hydroxylation is 1. The lowest BCUT2D eigenvalue weighted by molar-refractivity contribution is 0.0548. The number of methoxy groups -OCH3 is 1. The standard InChI is InChI=1S/C24H32BN3O5/c1-13-10-14-17-15(25)11-16(27(8)21(29)32-23(2,3)4)19(31-9)18(17)28(20(14)26-12-13)22(30)33-24(5,6)7/h10-12H,25H2,1-9H3. The van der Waals surface area contributed by atoms with E-state index in [0.29, 0.717) is 22.6 Å². The lowest BCUT2D eigenvalue weighted by atomic mass is 9.89. The lowest BCUT2D eigenvalue weighted by Crippen LogP contribution is -2.35. The number of nitrogens with zero attached hydrogens (tertiary/aromatic N) is 3. The molecule has 2 aromatic heterocycles. The Bertz CT molecular complexity index is 1250. The van der Waals surface area contributed by atoms with Crippen molar-refractivity contribution in [3.05, 3.63) is 23.9 Å². The predicted molar refractivity (Wildman–Crippen MR) is 133 cm³/mol. The molecule has 0 aliphatic rings. The summed E-state index contributed by atoms with van der Waals surface area (Å²) >= 11 is 0. The van der Waals surface area contributed by atoms with Crippen molar-refractivity contribution in [2.75, 3.05) is 19.1 Å². The van der Waals surface area contributed by atoms with Gasteiger partial charge in [0.2, 0.25) is 0 Å². The number of carbonyl (C=O) groups excluding carboxylic acids is 2. The van der Waals surface area contributed by atoms with Gasteiger partial charge in [0.15, 0.2) is 11.4 Å². The maximum absolute atomic E-state index is 13.4. The maximum Gasteiger partial charge on any atom is 0.420 e. The Morgan fingerprint density at radius 3 is 2.21 bits per heavy atom. The van der Waals surface area contributed by atoms with Crippen molar-refractivity contribution in [2.45, 2.75) is 59.7 Å². The third-order valence-corrected chi connectivity index (χ3v) is 4.95. The molecular weight excluding hydrogens is 421 g/mol. The molecule has 0 spiro atoms. The molecule has 2 heterocycles. The van der Waals surface area contributed by atoms with E-state index in [1.807, 2.05) is 26.9 Å². The van der Waals surface area contributed by atoms with E-state index in [1.54, 1.807) is 54.8 Å². The first-order valence-electron chi connectivity index (χ1n) is 10.8. The highest BCUT2D eigenvalue weighted by Gasteiger charge is 2.30. The van der Waals surface area contributed by atoms with E-state index in [4.69, 9.17) is 14.2 Å². The SMILES string of the molecule is Bc1cc(N(C)C(=O)OC(C)(C)C)c(OC)c2c1c1cc(C)cnc1n2C(=O)OC(C)(C)C. The first-order valence-corrected chi connectivity index (χ1v) is 10.8. The number of aromatic nitrogens is 2. The van der Waals surface area contributed by atoms with E-state index in [0.717, 1.165) is 21.8 Å². The maximum atomic E-state index is 13.4. The molecule has 0 saturated carbocycles. The fraction of sp³-hybridized carbons (Fsp3) is 0.458. The van der Waals surface area contributed by atoms with Crippen molar-refractivity contribution < 1.29 is 23.8 Å². The summed E-state index contributed by atoms with van der Waals surface area (Å²) < 4.78 is 18.5. The summed E-state index contributed by atoms with van der Waals surface area (Å²) in [5.41, 5.74) is 1.87. The van der Waals surface area contributed by atoms with Crippen LogP contribution in [-0.4, -0.2) is 54.9 Å². The minimum atomic E-state index is -0.710. The van der Waals surface area contributed by atoms with Gasteiger partial charge in [0, 0.05) is 24.0 Å². The smallest absolute Gasteiger partial charge is 0.420 e. The molecule has 9 heteroatoms. The van der Waals surface area contributed by atoms with Crippen LogP contribution in [0.2, 0.25) is 0 Å². The first kappa shape index (κ1) is 24.4. The predicted octanol–water partition coefficient (Wildman–Crippen LogP) is 3.92. The second kappa shape index (κ2) is 8.28. The summed E-state index contributed by atoms with van der Waals surface area (Å²) in [5, 5.41) is 1.61. The highest BCUT2D eigenvalue weighted by molar-refractivity contribution is 6.43. The second-order valence-electron chi connectivity index (χ2n) is 10.2. The van der Waals surface area contributed by atoms with E-state index < -0.39 is 23.4 Å². The van der Waals surface area contributed by atoms with E-state index in [2.05, 4.69) is 4.98 Å². The van der Waals surface area contributed by atoms with Crippen LogP contribution in [0.15, 0.2) is 18.3 Å². The number of hydrogen-bond acceptors (Lipinski definition) is 6. The number of benzene rings is 1. The third-order valence-electron chi connectivity index (χ3n) is 4.95. The monoisotopic (exact) mass is 453 g/mol. The quantitative estimate of drug-likeness (QED) is 0.547. The number of amides is 1. The van der Waals surface area contributed by atoms with Gasteiger partial charge in [0.1, 0.15) is 24.6 Å². The zero-order valence-corrected chi connectivity index (χ0v) is 21.1. The van der Waals surface area contributed by atoms with E-state index in [1.165, 1.54) is 16.6 Å². The topological polar surface area (TPSA) is 82.9 Å². The molecule has 0 saturated heterocycles. The molecule has 33 heavy (non-hydrogen) atoms. The lowest BCUT2D eigenvalue weighted by Gasteiger charge is -2.26. The fourth-order valence-electron chi connectivity index (χ4n) is 3.71. The molecular formula is C24H32BN3O5. The van der Waals surface area contributed by atoms with Gasteiger partial charge in [-0.25, -0.2) is 19.1 Å². The summed E-state index contributed by atoms with van der Waals surface area (Å²) in [5.74, 6) is 0.352. The van der Waals surface area contributed by atoms with Gasteiger partial charge in [-0.2, -0.15) is 0 Å². The number of carbonyl (C=O) groups is 2. The highest BCUT2D eigenvalue weighted by Crippen LogP contribution is 2.40. The summed E-state index contributed by atoms with van der Waals surface area (Å²) in [6, 6.07) is 3.83. The van der Waals surface area contributed by atoms with E-state index in [9.17, 15) is 9.59 Å². The highest BCUT2D eigenvalue weighted by atomic mass is 16.6. The van der Waals surface area contributed by atoms with Gasteiger partial charge < -0.3 is 14.2 Å². The number of rotatable bonds is 2. The second-order valence-corrected chi connectivity index (χ2v) is 10.2. The minimum absolute atomic E-state index is 0.352. The van der Waals surface area contributed by atoms with Crippen molar-refractivity contribution in [1.29, 1.82) is 0 Å². The Morgan fingerprint density at radius 2 is 1.67 bits per heavy atom. The van der Waals surface area contributed by atoms with Crippen LogP contribution in [0, 0.1) is 6.92 Å². The molecule has 3 rings (SSSR count). The van der Waals surface area contributed by atoms with Crippen LogP contribution in [0.3, 0.4) is 0 Å². The molecule has 0 atom stereocenters. The van der Waals surface area contributed by atoms with Crippen molar-refractivity contribution in [1.82, 2.24) is 9.55 Å². The molecule has 0 aliphatic carbocycles. The van der Waals surface area contributed by atoms with Crippen LogP contribution in [-0.2, 0) is 9.47 Å². The summed E-state index contributed by atoms with van der Waals surface area (Å²) in [4.78, 5) is 32.1. The molecule has 1 aromatic carbocycles. The van der Waals surface area contributed by atoms with Crippen LogP contribution in [0.4, 0.5) is 15.3 Å². The number of anilines is 1. The molecule has 0 unspecified atom stereocenters. The Kier molecular flexibility index (Phi) is 6.13. The Morgan fingerprint density at radius 1 is 1.06 bits per heavy atom. The zero-order chi connectivity index (χ0) is 24.9. The number of fused-ring (bicyclic) bond motifs is 3.